The lowest BCUT2D eigenvalue weighted by atomic mass is 10.2. The van der Waals surface area contributed by atoms with Gasteiger partial charge in [-0.1, -0.05) is 0 Å². The van der Waals surface area contributed by atoms with E-state index in [-0.39, 0.29) is 17.0 Å². The molecule has 1 aliphatic rings. The number of rotatable bonds is 7. The first kappa shape index (κ1) is 15.3. The zero-order valence-corrected chi connectivity index (χ0v) is 12.6. The topological polar surface area (TPSA) is 99.0 Å². The Hall–Kier alpha value is -1.06. The van der Waals surface area contributed by atoms with Crippen LogP contribution in [0, 0.1) is 0 Å². The molecule has 9 heteroatoms. The third kappa shape index (κ3) is 3.53. The zero-order chi connectivity index (χ0) is 14.6. The van der Waals surface area contributed by atoms with Crippen molar-refractivity contribution >= 4 is 9.84 Å². The van der Waals surface area contributed by atoms with Crippen LogP contribution in [0.1, 0.15) is 31.6 Å². The summed E-state index contributed by atoms with van der Waals surface area (Å²) in [5.74, 6) is 0.930. The fourth-order valence-electron chi connectivity index (χ4n) is 2.38. The number of tetrazole rings is 1. The lowest BCUT2D eigenvalue weighted by Gasteiger charge is -2.15. The highest BCUT2D eigenvalue weighted by Crippen LogP contribution is 2.22. The van der Waals surface area contributed by atoms with Crippen molar-refractivity contribution in [2.45, 2.75) is 37.6 Å². The number of nitrogens with one attached hydrogen (secondary N) is 1. The third-order valence-corrected chi connectivity index (χ3v) is 5.80. The number of hydrogen-bond acceptors (Lipinski definition) is 7. The maximum Gasteiger partial charge on any atom is 0.167 e. The zero-order valence-electron chi connectivity index (χ0n) is 11.8. The molecule has 8 nitrogen and oxygen atoms in total. The smallest absolute Gasteiger partial charge is 0.167 e. The van der Waals surface area contributed by atoms with Crippen LogP contribution in [0.15, 0.2) is 0 Å². The summed E-state index contributed by atoms with van der Waals surface area (Å²) in [7, 11) is -1.34. The van der Waals surface area contributed by atoms with Crippen molar-refractivity contribution in [2.24, 2.45) is 0 Å². The summed E-state index contributed by atoms with van der Waals surface area (Å²) in [5.41, 5.74) is 0. The highest BCUT2D eigenvalue weighted by molar-refractivity contribution is 7.92. The van der Waals surface area contributed by atoms with E-state index in [1.54, 1.807) is 11.8 Å². The van der Waals surface area contributed by atoms with Gasteiger partial charge in [-0.2, -0.15) is 0 Å². The van der Waals surface area contributed by atoms with E-state index >= 15 is 0 Å². The van der Waals surface area contributed by atoms with Crippen molar-refractivity contribution < 1.29 is 13.2 Å². The molecule has 0 aliphatic carbocycles. The Labute approximate surface area is 118 Å². The van der Waals surface area contributed by atoms with Gasteiger partial charge in [-0.3, -0.25) is 0 Å². The Bertz CT molecular complexity index is 530. The van der Waals surface area contributed by atoms with Gasteiger partial charge in [0.2, 0.25) is 0 Å². The number of nitrogens with zero attached hydrogens (tertiary/aromatic N) is 4. The van der Waals surface area contributed by atoms with Crippen LogP contribution in [0.5, 0.6) is 0 Å². The van der Waals surface area contributed by atoms with E-state index in [0.29, 0.717) is 31.9 Å². The first-order valence-electron chi connectivity index (χ1n) is 6.74. The van der Waals surface area contributed by atoms with Gasteiger partial charge in [0.1, 0.15) is 0 Å². The summed E-state index contributed by atoms with van der Waals surface area (Å²) in [6, 6.07) is -0.0516. The van der Waals surface area contributed by atoms with Gasteiger partial charge < -0.3 is 10.1 Å². The molecule has 1 aromatic rings. The van der Waals surface area contributed by atoms with Crippen molar-refractivity contribution in [3.63, 3.8) is 0 Å². The maximum absolute atomic E-state index is 11.9. The quantitative estimate of drug-likeness (QED) is 0.681. The normalized spacial score (nSPS) is 23.0. The molecule has 1 N–H and O–H groups in total. The van der Waals surface area contributed by atoms with E-state index in [4.69, 9.17) is 4.74 Å². The summed E-state index contributed by atoms with van der Waals surface area (Å²) in [5, 5.41) is 14.4. The van der Waals surface area contributed by atoms with Gasteiger partial charge in [-0.15, -0.1) is 5.10 Å². The molecule has 0 radical (unpaired) electrons. The van der Waals surface area contributed by atoms with E-state index in [0.717, 1.165) is 6.42 Å². The first-order chi connectivity index (χ1) is 9.54. The molecule has 2 atom stereocenters. The fraction of sp³-hybridized carbons (Fsp3) is 0.909. The molecule has 1 aliphatic heterocycles. The van der Waals surface area contributed by atoms with Gasteiger partial charge >= 0.3 is 0 Å². The second-order valence-electron chi connectivity index (χ2n) is 5.02. The number of sulfone groups is 1. The molecule has 0 aromatic carbocycles. The predicted molar refractivity (Wildman–Crippen MR) is 72.9 cm³/mol. The Morgan fingerprint density at radius 2 is 2.35 bits per heavy atom. The summed E-state index contributed by atoms with van der Waals surface area (Å²) in [4.78, 5) is 0. The summed E-state index contributed by atoms with van der Waals surface area (Å²) < 4.78 is 30.3. The minimum Gasteiger partial charge on any atom is -0.383 e. The molecule has 0 saturated carbocycles. The van der Waals surface area contributed by atoms with E-state index in [1.165, 1.54) is 0 Å². The van der Waals surface area contributed by atoms with Crippen LogP contribution in [0.4, 0.5) is 0 Å². The summed E-state index contributed by atoms with van der Waals surface area (Å²) >= 11 is 0. The number of aromatic nitrogens is 4. The van der Waals surface area contributed by atoms with Crippen molar-refractivity contribution in [1.29, 1.82) is 0 Å². The van der Waals surface area contributed by atoms with Crippen LogP contribution < -0.4 is 5.32 Å². The monoisotopic (exact) mass is 303 g/mol. The largest absolute Gasteiger partial charge is 0.383 e. The lowest BCUT2D eigenvalue weighted by molar-refractivity contribution is 0.195. The Morgan fingerprint density at radius 3 is 3.00 bits per heavy atom. The minimum atomic E-state index is -2.98. The average molecular weight is 303 g/mol. The minimum absolute atomic E-state index is 0.0516. The molecule has 2 heterocycles. The van der Waals surface area contributed by atoms with Crippen LogP contribution in [-0.2, 0) is 21.1 Å². The van der Waals surface area contributed by atoms with Crippen LogP contribution in [0.2, 0.25) is 0 Å². The molecule has 20 heavy (non-hydrogen) atoms. The average Bonchev–Trinajstić information content (AvgIpc) is 2.98. The van der Waals surface area contributed by atoms with Crippen LogP contribution in [-0.4, -0.2) is 59.9 Å². The predicted octanol–water partition coefficient (Wildman–Crippen LogP) is -0.453. The molecular formula is C11H21N5O3S. The number of hydrogen-bond donors (Lipinski definition) is 1. The fourth-order valence-corrected chi connectivity index (χ4v) is 4.17. The molecule has 0 spiro atoms. The molecule has 1 aromatic heterocycles. The molecular weight excluding hydrogens is 282 g/mol. The molecule has 2 unspecified atom stereocenters. The van der Waals surface area contributed by atoms with E-state index in [1.807, 2.05) is 6.92 Å². The van der Waals surface area contributed by atoms with Gasteiger partial charge in [-0.05, 0) is 30.2 Å². The van der Waals surface area contributed by atoms with Crippen molar-refractivity contribution in [1.82, 2.24) is 25.5 Å². The van der Waals surface area contributed by atoms with Crippen molar-refractivity contribution in [3.05, 3.63) is 5.82 Å². The molecule has 2 rings (SSSR count). The molecule has 114 valence electrons. The third-order valence-electron chi connectivity index (χ3n) is 3.54. The van der Waals surface area contributed by atoms with Crippen molar-refractivity contribution in [3.8, 4) is 0 Å². The van der Waals surface area contributed by atoms with Crippen LogP contribution in [0.3, 0.4) is 0 Å². The molecule has 1 fully saturated rings. The maximum atomic E-state index is 11.9. The van der Waals surface area contributed by atoms with Gasteiger partial charge in [-0.25, -0.2) is 13.1 Å². The highest BCUT2D eigenvalue weighted by atomic mass is 32.2. The SMILES string of the molecule is COCCNC(C)c1nnnn1CC1CCCS1(=O)=O. The number of methoxy groups -OCH3 is 1. The van der Waals surface area contributed by atoms with Gasteiger partial charge in [0.25, 0.3) is 0 Å². The molecule has 0 bridgehead atoms. The van der Waals surface area contributed by atoms with E-state index in [2.05, 4.69) is 20.8 Å². The number of ether oxygens (including phenoxy) is 1. The first-order valence-corrected chi connectivity index (χ1v) is 8.46. The van der Waals surface area contributed by atoms with Crippen LogP contribution in [0.25, 0.3) is 0 Å². The standard InChI is InChI=1S/C11H21N5O3S/c1-9(12-5-6-19-2)11-13-14-15-16(11)8-10-4-3-7-20(10,17)18/h9-10,12H,3-8H2,1-2H3. The van der Waals surface area contributed by atoms with Crippen molar-refractivity contribution in [2.75, 3.05) is 26.0 Å². The van der Waals surface area contributed by atoms with Gasteiger partial charge in [0.05, 0.1) is 30.2 Å². The molecule has 1 saturated heterocycles. The highest BCUT2D eigenvalue weighted by Gasteiger charge is 2.32. The lowest BCUT2D eigenvalue weighted by Crippen LogP contribution is -2.29. The second kappa shape index (κ2) is 6.59. The van der Waals surface area contributed by atoms with Crippen LogP contribution >= 0.6 is 0 Å². The van der Waals surface area contributed by atoms with E-state index < -0.39 is 9.84 Å². The summed E-state index contributed by atoms with van der Waals surface area (Å²) in [6.45, 7) is 3.57. The Morgan fingerprint density at radius 1 is 1.55 bits per heavy atom. The molecule has 0 amide bonds. The summed E-state index contributed by atoms with van der Waals surface area (Å²) in [6.07, 6.45) is 1.42. The Kier molecular flexibility index (Phi) is 5.06. The Balaban J connectivity index is 2.01. The van der Waals surface area contributed by atoms with Gasteiger partial charge in [0.15, 0.2) is 15.7 Å². The second-order valence-corrected chi connectivity index (χ2v) is 7.42. The van der Waals surface area contributed by atoms with E-state index in [9.17, 15) is 8.42 Å². The van der Waals surface area contributed by atoms with Gasteiger partial charge in [0, 0.05) is 13.7 Å².